The third-order valence-electron chi connectivity index (χ3n) is 5.23. The van der Waals surface area contributed by atoms with E-state index in [1.807, 2.05) is 42.5 Å². The number of nitrogens with zero attached hydrogens (tertiary/aromatic N) is 7. The van der Waals surface area contributed by atoms with Gasteiger partial charge in [-0.1, -0.05) is 37.9 Å². The second-order valence-corrected chi connectivity index (χ2v) is 9.72. The maximum atomic E-state index is 12.5. The second-order valence-electron chi connectivity index (χ2n) is 7.89. The lowest BCUT2D eigenvalue weighted by Crippen LogP contribution is -2.30. The molecule has 4 heterocycles. The number of benzene rings is 2. The first-order valence-electron chi connectivity index (χ1n) is 11.3. The summed E-state index contributed by atoms with van der Waals surface area (Å²) in [5, 5.41) is 47.2. The van der Waals surface area contributed by atoms with Gasteiger partial charge in [-0.2, -0.15) is 20.7 Å². The van der Waals surface area contributed by atoms with Gasteiger partial charge in [0.25, 0.3) is 0 Å². The molecule has 0 bridgehead atoms. The highest BCUT2D eigenvalue weighted by atomic mass is 79.9. The molecule has 0 radical (unpaired) electrons. The Morgan fingerprint density at radius 2 is 1.62 bits per heavy atom. The van der Waals surface area contributed by atoms with E-state index in [1.54, 1.807) is 29.2 Å². The summed E-state index contributed by atoms with van der Waals surface area (Å²) in [6.07, 6.45) is 3.34. The Bertz CT molecular complexity index is 1860. The summed E-state index contributed by atoms with van der Waals surface area (Å²) in [6, 6.07) is 22.8. The van der Waals surface area contributed by atoms with Crippen molar-refractivity contribution >= 4 is 66.5 Å². The van der Waals surface area contributed by atoms with Gasteiger partial charge in [-0.3, -0.25) is 5.10 Å². The summed E-state index contributed by atoms with van der Waals surface area (Å²) >= 11 is 6.44. The van der Waals surface area contributed by atoms with Crippen LogP contribution < -0.4 is 5.46 Å². The first-order chi connectivity index (χ1) is 19.3. The topological polar surface area (TPSA) is 160 Å². The summed E-state index contributed by atoms with van der Waals surface area (Å²) in [5.74, 6) is -0.498. The van der Waals surface area contributed by atoms with Crippen LogP contribution in [0.5, 0.6) is 0 Å². The molecule has 2 aromatic carbocycles. The van der Waals surface area contributed by atoms with E-state index in [0.29, 0.717) is 27.2 Å². The van der Waals surface area contributed by atoms with E-state index >= 15 is 0 Å². The molecule has 0 aliphatic rings. The van der Waals surface area contributed by atoms with Crippen molar-refractivity contribution in [3.63, 3.8) is 0 Å². The molecule has 0 fully saturated rings. The molecule has 0 saturated carbocycles. The van der Waals surface area contributed by atoms with Crippen molar-refractivity contribution in [2.75, 3.05) is 0 Å². The number of hydrogen-bond acceptors (Lipinski definition) is 8. The van der Waals surface area contributed by atoms with E-state index in [4.69, 9.17) is 20.6 Å². The highest BCUT2D eigenvalue weighted by Gasteiger charge is 2.13. The average molecular weight is 662 g/mol. The van der Waals surface area contributed by atoms with Gasteiger partial charge in [0, 0.05) is 21.3 Å². The van der Waals surface area contributed by atoms with Gasteiger partial charge in [-0.05, 0) is 66.1 Å². The lowest BCUT2D eigenvalue weighted by molar-refractivity contribution is 0.425. The predicted octanol–water partition coefficient (Wildman–Crippen LogP) is 4.15. The summed E-state index contributed by atoms with van der Waals surface area (Å²) < 4.78 is 15.7. The number of aromatic amines is 1. The van der Waals surface area contributed by atoms with Crippen LogP contribution in [-0.2, 0) is 0 Å². The Hall–Kier alpha value is -4.47. The van der Waals surface area contributed by atoms with Gasteiger partial charge in [0.2, 0.25) is 0 Å². The van der Waals surface area contributed by atoms with Gasteiger partial charge in [0.1, 0.15) is 23.6 Å². The Labute approximate surface area is 243 Å². The zero-order valence-corrected chi connectivity index (χ0v) is 23.4. The zero-order valence-electron chi connectivity index (χ0n) is 20.2. The summed E-state index contributed by atoms with van der Waals surface area (Å²) in [4.78, 5) is 8.25. The van der Waals surface area contributed by atoms with E-state index in [2.05, 4.69) is 63.2 Å². The third-order valence-corrected chi connectivity index (χ3v) is 6.18. The lowest BCUT2D eigenvalue weighted by atomic mass is 9.80. The van der Waals surface area contributed by atoms with Crippen LogP contribution in [0.3, 0.4) is 0 Å². The standard InChI is InChI=1S/C13H7BrN4.C7H4N4.C6H5BBrFO2/c14-9-3-1-4-10(7-9)18-13-11(5-2-6-16-13)12(8-15)17-18;8-4-6-5-2-1-3-9-7(5)11-10-6;8-5-1-4(7(10)11)2-6(9)3-5/h1-7H;1-3H,(H,9,10,11);1-3,10-11H. The summed E-state index contributed by atoms with van der Waals surface area (Å²) in [5.41, 5.74) is 3.13. The fourth-order valence-electron chi connectivity index (χ4n) is 3.48. The van der Waals surface area contributed by atoms with Crippen LogP contribution in [0.1, 0.15) is 11.4 Å². The van der Waals surface area contributed by atoms with Crippen LogP contribution in [0.2, 0.25) is 0 Å². The number of pyridine rings is 2. The van der Waals surface area contributed by atoms with Crippen molar-refractivity contribution in [1.82, 2.24) is 29.9 Å². The van der Waals surface area contributed by atoms with Gasteiger partial charge >= 0.3 is 7.12 Å². The van der Waals surface area contributed by atoms with Gasteiger partial charge in [0.05, 0.1) is 16.5 Å². The zero-order chi connectivity index (χ0) is 28.6. The van der Waals surface area contributed by atoms with Crippen LogP contribution in [0.4, 0.5) is 4.39 Å². The van der Waals surface area contributed by atoms with Crippen LogP contribution in [0.15, 0.2) is 88.1 Å². The minimum Gasteiger partial charge on any atom is -0.423 e. The largest absolute Gasteiger partial charge is 0.488 e. The van der Waals surface area contributed by atoms with Crippen LogP contribution in [0.25, 0.3) is 27.8 Å². The number of nitrogens with one attached hydrogen (secondary N) is 1. The molecule has 4 aromatic heterocycles. The van der Waals surface area contributed by atoms with Crippen molar-refractivity contribution in [3.05, 3.63) is 105 Å². The SMILES string of the molecule is N#Cc1[nH]nc2ncccc12.N#Cc1nn(-c2cccc(Br)c2)c2ncccc12.OB(O)c1cc(F)cc(Br)c1. The Balaban J connectivity index is 0.000000146. The fourth-order valence-corrected chi connectivity index (χ4v) is 4.35. The van der Waals surface area contributed by atoms with Crippen LogP contribution in [-0.4, -0.2) is 47.1 Å². The van der Waals surface area contributed by atoms with E-state index in [-0.39, 0.29) is 5.46 Å². The first-order valence-corrected chi connectivity index (χ1v) is 12.9. The molecular weight excluding hydrogens is 646 g/mol. The van der Waals surface area contributed by atoms with E-state index in [9.17, 15) is 4.39 Å². The average Bonchev–Trinajstić information content (AvgIpc) is 3.55. The number of aromatic nitrogens is 6. The van der Waals surface area contributed by atoms with Gasteiger partial charge in [-0.15, -0.1) is 0 Å². The first kappa shape index (κ1) is 28.5. The highest BCUT2D eigenvalue weighted by Crippen LogP contribution is 2.21. The quantitative estimate of drug-likeness (QED) is 0.233. The number of rotatable bonds is 2. The summed E-state index contributed by atoms with van der Waals surface area (Å²) in [7, 11) is -1.62. The molecule has 0 amide bonds. The second kappa shape index (κ2) is 13.1. The number of nitriles is 2. The maximum Gasteiger partial charge on any atom is 0.488 e. The van der Waals surface area contributed by atoms with Gasteiger partial charge < -0.3 is 10.0 Å². The highest BCUT2D eigenvalue weighted by molar-refractivity contribution is 9.10. The van der Waals surface area contributed by atoms with E-state index in [0.717, 1.165) is 27.0 Å². The Morgan fingerprint density at radius 3 is 2.30 bits per heavy atom. The van der Waals surface area contributed by atoms with Crippen molar-refractivity contribution in [3.8, 4) is 17.8 Å². The lowest BCUT2D eigenvalue weighted by Gasteiger charge is -2.02. The number of fused-ring (bicyclic) bond motifs is 2. The molecular formula is C26H16BBr2FN8O2. The Morgan fingerprint density at radius 1 is 0.875 bits per heavy atom. The minimum absolute atomic E-state index is 0.136. The van der Waals surface area contributed by atoms with Crippen molar-refractivity contribution in [2.45, 2.75) is 0 Å². The fraction of sp³-hybridized carbons (Fsp3) is 0. The monoisotopic (exact) mass is 660 g/mol. The predicted molar refractivity (Wildman–Crippen MR) is 154 cm³/mol. The third kappa shape index (κ3) is 6.75. The molecule has 10 nitrogen and oxygen atoms in total. The number of H-pyrrole nitrogens is 1. The molecule has 0 saturated heterocycles. The maximum absolute atomic E-state index is 12.5. The molecule has 0 aliphatic carbocycles. The number of hydrogen-bond donors (Lipinski definition) is 3. The Kier molecular flexibility index (Phi) is 9.32. The molecule has 3 N–H and O–H groups in total. The smallest absolute Gasteiger partial charge is 0.423 e. The molecule has 196 valence electrons. The van der Waals surface area contributed by atoms with E-state index < -0.39 is 12.9 Å². The molecule has 40 heavy (non-hydrogen) atoms. The molecule has 14 heteroatoms. The molecule has 0 atom stereocenters. The normalized spacial score (nSPS) is 10.1. The minimum atomic E-state index is -1.62. The summed E-state index contributed by atoms with van der Waals surface area (Å²) in [6.45, 7) is 0. The molecule has 6 rings (SSSR count). The van der Waals surface area contributed by atoms with Gasteiger partial charge in [-0.25, -0.2) is 19.0 Å². The molecule has 0 aliphatic heterocycles. The van der Waals surface area contributed by atoms with Crippen LogP contribution >= 0.6 is 31.9 Å². The van der Waals surface area contributed by atoms with Crippen LogP contribution in [0, 0.1) is 28.5 Å². The molecule has 6 aromatic rings. The van der Waals surface area contributed by atoms with Crippen molar-refractivity contribution in [2.24, 2.45) is 0 Å². The molecule has 0 unspecified atom stereocenters. The van der Waals surface area contributed by atoms with E-state index in [1.165, 1.54) is 12.1 Å². The number of halogens is 3. The molecule has 0 spiro atoms. The van der Waals surface area contributed by atoms with Gasteiger partial charge in [0.15, 0.2) is 17.0 Å². The van der Waals surface area contributed by atoms with Crippen molar-refractivity contribution in [1.29, 1.82) is 10.5 Å². The van der Waals surface area contributed by atoms with Crippen molar-refractivity contribution < 1.29 is 14.4 Å².